The van der Waals surface area contributed by atoms with Crippen molar-refractivity contribution >= 4 is 27.8 Å². The SMILES string of the molecule is C=CCCC1CN(Cc2cc(C(CC(=O)OCC)c3ccc4c(nnn4CC=C)c3C)ccc2C)S(O)(O)c2ccccc2O1. The standard InChI is InChI=1S/C35H42N4O5S/c1-6-9-12-28-23-38(45(41,42)33-14-11-10-13-32(33)44-28)22-27-20-26(16-15-24(27)4)30(21-34(40)43-8-3)29-17-18-31-35(25(29)5)36-37-39(31)19-7-2/h6-7,10-11,13-18,20,28,30,41-42H,1-2,8-9,12,19,21-23H2,3-5H3. The van der Waals surface area contributed by atoms with Crippen LogP contribution in [0.5, 0.6) is 5.75 Å². The van der Waals surface area contributed by atoms with Gasteiger partial charge in [-0.05, 0) is 79.6 Å². The molecule has 10 heteroatoms. The van der Waals surface area contributed by atoms with E-state index in [4.69, 9.17) is 9.47 Å². The molecule has 238 valence electrons. The van der Waals surface area contributed by atoms with E-state index >= 15 is 0 Å². The van der Waals surface area contributed by atoms with Crippen molar-refractivity contribution in [2.24, 2.45) is 0 Å². The molecule has 2 unspecified atom stereocenters. The summed E-state index contributed by atoms with van der Waals surface area (Å²) in [5, 5.41) is 8.74. The molecule has 1 aromatic heterocycles. The van der Waals surface area contributed by atoms with Crippen molar-refractivity contribution in [2.45, 2.75) is 70.0 Å². The Kier molecular flexibility index (Phi) is 10.1. The minimum atomic E-state index is -3.35. The highest BCUT2D eigenvalue weighted by Crippen LogP contribution is 2.57. The lowest BCUT2D eigenvalue weighted by Crippen LogP contribution is -2.34. The second kappa shape index (κ2) is 14.0. The van der Waals surface area contributed by atoms with Crippen molar-refractivity contribution < 1.29 is 23.4 Å². The monoisotopic (exact) mass is 630 g/mol. The fourth-order valence-electron chi connectivity index (χ4n) is 5.95. The van der Waals surface area contributed by atoms with Crippen LogP contribution >= 0.6 is 10.8 Å². The fourth-order valence-corrected chi connectivity index (χ4v) is 7.57. The molecule has 9 nitrogen and oxygen atoms in total. The number of allylic oxidation sites excluding steroid dienone is 2. The van der Waals surface area contributed by atoms with Crippen LogP contribution in [0.1, 0.15) is 59.9 Å². The Morgan fingerprint density at radius 3 is 2.71 bits per heavy atom. The molecular formula is C35H42N4O5S. The van der Waals surface area contributed by atoms with Gasteiger partial charge < -0.3 is 9.47 Å². The van der Waals surface area contributed by atoms with Crippen molar-refractivity contribution in [1.82, 2.24) is 19.3 Å². The van der Waals surface area contributed by atoms with E-state index in [0.29, 0.717) is 36.8 Å². The van der Waals surface area contributed by atoms with Gasteiger partial charge >= 0.3 is 5.97 Å². The Balaban J connectivity index is 1.55. The first-order valence-corrected chi connectivity index (χ1v) is 16.8. The lowest BCUT2D eigenvalue weighted by molar-refractivity contribution is -0.143. The molecule has 1 aliphatic heterocycles. The zero-order valence-corrected chi connectivity index (χ0v) is 27.0. The molecule has 0 aliphatic carbocycles. The number of esters is 1. The van der Waals surface area contributed by atoms with E-state index in [0.717, 1.165) is 45.3 Å². The molecule has 45 heavy (non-hydrogen) atoms. The lowest BCUT2D eigenvalue weighted by Gasteiger charge is -2.42. The average Bonchev–Trinajstić information content (AvgIpc) is 3.39. The third-order valence-corrected chi connectivity index (χ3v) is 10.3. The molecule has 2 atom stereocenters. The normalized spacial score (nSPS) is 17.5. The van der Waals surface area contributed by atoms with Crippen LogP contribution in [0.3, 0.4) is 0 Å². The summed E-state index contributed by atoms with van der Waals surface area (Å²) in [4.78, 5) is 13.3. The van der Waals surface area contributed by atoms with Gasteiger partial charge in [0.1, 0.15) is 22.3 Å². The molecular weight excluding hydrogens is 588 g/mol. The molecule has 2 N–H and O–H groups in total. The summed E-state index contributed by atoms with van der Waals surface area (Å²) in [6.45, 7) is 14.9. The molecule has 2 heterocycles. The number of aryl methyl sites for hydroxylation is 2. The maximum Gasteiger partial charge on any atom is 0.306 e. The number of carbonyl (C=O) groups is 1. The molecule has 3 aromatic carbocycles. The number of ether oxygens (including phenoxy) is 2. The predicted molar refractivity (Wildman–Crippen MR) is 179 cm³/mol. The summed E-state index contributed by atoms with van der Waals surface area (Å²) < 4.78 is 38.5. The summed E-state index contributed by atoms with van der Waals surface area (Å²) in [6, 6.07) is 17.3. The molecule has 0 radical (unpaired) electrons. The van der Waals surface area contributed by atoms with Crippen molar-refractivity contribution in [3.63, 3.8) is 0 Å². The van der Waals surface area contributed by atoms with E-state index in [2.05, 4.69) is 29.5 Å². The highest BCUT2D eigenvalue weighted by atomic mass is 32.3. The van der Waals surface area contributed by atoms with Gasteiger partial charge in [0.2, 0.25) is 0 Å². The first-order valence-electron chi connectivity index (χ1n) is 15.3. The summed E-state index contributed by atoms with van der Waals surface area (Å²) in [5.74, 6) is -0.115. The molecule has 0 saturated carbocycles. The van der Waals surface area contributed by atoms with E-state index in [1.807, 2.05) is 50.3 Å². The van der Waals surface area contributed by atoms with Gasteiger partial charge in [-0.15, -0.1) is 29.0 Å². The summed E-state index contributed by atoms with van der Waals surface area (Å²) in [6.07, 6.45) is 4.97. The maximum atomic E-state index is 12.9. The van der Waals surface area contributed by atoms with Crippen LogP contribution in [0.15, 0.2) is 84.8 Å². The van der Waals surface area contributed by atoms with Gasteiger partial charge in [0, 0.05) is 12.5 Å². The summed E-state index contributed by atoms with van der Waals surface area (Å²) in [7, 11) is -3.35. The fraction of sp³-hybridized carbons (Fsp3) is 0.343. The van der Waals surface area contributed by atoms with E-state index < -0.39 is 10.8 Å². The van der Waals surface area contributed by atoms with Gasteiger partial charge in [-0.2, -0.15) is 4.31 Å². The number of para-hydroxylation sites is 1. The van der Waals surface area contributed by atoms with E-state index in [9.17, 15) is 13.9 Å². The second-order valence-electron chi connectivity index (χ2n) is 11.3. The van der Waals surface area contributed by atoms with E-state index in [-0.39, 0.29) is 31.0 Å². The largest absolute Gasteiger partial charge is 0.487 e. The van der Waals surface area contributed by atoms with Crippen LogP contribution in [-0.2, 0) is 22.6 Å². The number of fused-ring (bicyclic) bond motifs is 2. The number of aromatic nitrogens is 3. The van der Waals surface area contributed by atoms with Crippen molar-refractivity contribution in [2.75, 3.05) is 13.2 Å². The number of nitrogens with zero attached hydrogens (tertiary/aromatic N) is 4. The number of carbonyl (C=O) groups excluding carboxylic acids is 1. The van der Waals surface area contributed by atoms with Crippen LogP contribution < -0.4 is 4.74 Å². The Morgan fingerprint density at radius 1 is 1.16 bits per heavy atom. The van der Waals surface area contributed by atoms with Crippen LogP contribution in [-0.4, -0.2) is 53.6 Å². The van der Waals surface area contributed by atoms with E-state index in [1.165, 1.54) is 0 Å². The van der Waals surface area contributed by atoms with Gasteiger partial charge in [0.25, 0.3) is 0 Å². The topological polar surface area (TPSA) is 110 Å². The van der Waals surface area contributed by atoms with Gasteiger partial charge in [-0.3, -0.25) is 13.9 Å². The van der Waals surface area contributed by atoms with Gasteiger partial charge in [0.05, 0.1) is 31.6 Å². The van der Waals surface area contributed by atoms with Crippen LogP contribution in [0.4, 0.5) is 0 Å². The highest BCUT2D eigenvalue weighted by molar-refractivity contribution is 8.22. The molecule has 1 aliphatic rings. The molecule has 0 saturated heterocycles. The lowest BCUT2D eigenvalue weighted by atomic mass is 9.84. The van der Waals surface area contributed by atoms with Crippen LogP contribution in [0, 0.1) is 13.8 Å². The smallest absolute Gasteiger partial charge is 0.306 e. The van der Waals surface area contributed by atoms with Gasteiger partial charge in [0.15, 0.2) is 0 Å². The Morgan fingerprint density at radius 2 is 1.96 bits per heavy atom. The van der Waals surface area contributed by atoms with Crippen LogP contribution in [0.25, 0.3) is 11.0 Å². The Bertz CT molecular complexity index is 1700. The molecule has 0 bridgehead atoms. The molecule has 4 aromatic rings. The van der Waals surface area contributed by atoms with Gasteiger partial charge in [-0.25, -0.2) is 4.68 Å². The first kappa shape index (κ1) is 32.4. The second-order valence-corrected chi connectivity index (χ2v) is 13.3. The Labute approximate surface area is 266 Å². The number of rotatable bonds is 12. The zero-order chi connectivity index (χ0) is 32.1. The van der Waals surface area contributed by atoms with Crippen molar-refractivity contribution in [3.05, 3.63) is 108 Å². The Hall–Kier alpha value is -3.96. The average molecular weight is 631 g/mol. The van der Waals surface area contributed by atoms with Gasteiger partial charge in [-0.1, -0.05) is 53.8 Å². The minimum absolute atomic E-state index is 0.146. The number of hydrogen-bond donors (Lipinski definition) is 2. The summed E-state index contributed by atoms with van der Waals surface area (Å²) in [5.41, 5.74) is 6.44. The maximum absolute atomic E-state index is 12.9. The van der Waals surface area contributed by atoms with E-state index in [1.54, 1.807) is 40.2 Å². The molecule has 0 fully saturated rings. The third kappa shape index (κ3) is 6.84. The number of benzene rings is 3. The number of hydrogen-bond acceptors (Lipinski definition) is 8. The first-order chi connectivity index (χ1) is 21.7. The quantitative estimate of drug-likeness (QED) is 0.122. The summed E-state index contributed by atoms with van der Waals surface area (Å²) >= 11 is 0. The molecule has 5 rings (SSSR count). The minimum Gasteiger partial charge on any atom is -0.487 e. The van der Waals surface area contributed by atoms with Crippen molar-refractivity contribution in [3.8, 4) is 5.75 Å². The predicted octanol–water partition coefficient (Wildman–Crippen LogP) is 7.57. The highest BCUT2D eigenvalue weighted by Gasteiger charge is 2.35. The molecule has 0 spiro atoms. The van der Waals surface area contributed by atoms with Crippen LogP contribution in [0.2, 0.25) is 0 Å². The van der Waals surface area contributed by atoms with Crippen molar-refractivity contribution in [1.29, 1.82) is 0 Å². The third-order valence-electron chi connectivity index (χ3n) is 8.36. The zero-order valence-electron chi connectivity index (χ0n) is 26.2. The molecule has 0 amide bonds.